The lowest BCUT2D eigenvalue weighted by atomic mass is 10.0. The summed E-state index contributed by atoms with van der Waals surface area (Å²) in [6.07, 6.45) is 4.15. The molecule has 0 bridgehead atoms. The summed E-state index contributed by atoms with van der Waals surface area (Å²) in [5, 5.41) is 17.7. The van der Waals surface area contributed by atoms with E-state index in [9.17, 15) is 9.90 Å². The molecular weight excluding hydrogens is 482 g/mol. The van der Waals surface area contributed by atoms with Crippen LogP contribution in [0.15, 0.2) is 53.9 Å². The number of benzene rings is 2. The fourth-order valence-electron chi connectivity index (χ4n) is 4.26. The third-order valence-corrected chi connectivity index (χ3v) is 6.34. The SMILES string of the molecule is CC(C)COCCc1ccc(OCC(O)CNCCCn2cnc3cc(C4=NNC(=O)CC4)ccc32)cc1. The number of rotatable bonds is 15. The molecule has 9 nitrogen and oxygen atoms in total. The predicted octanol–water partition coefficient (Wildman–Crippen LogP) is 3.29. The molecular formula is C29H39N5O4. The summed E-state index contributed by atoms with van der Waals surface area (Å²) in [6, 6.07) is 14.1. The van der Waals surface area contributed by atoms with Gasteiger partial charge in [-0.2, -0.15) is 5.10 Å². The zero-order valence-corrected chi connectivity index (χ0v) is 22.4. The van der Waals surface area contributed by atoms with Crippen LogP contribution in [-0.2, 0) is 22.5 Å². The van der Waals surface area contributed by atoms with Gasteiger partial charge in [-0.3, -0.25) is 4.79 Å². The van der Waals surface area contributed by atoms with Crippen LogP contribution in [0.5, 0.6) is 5.75 Å². The maximum Gasteiger partial charge on any atom is 0.240 e. The number of amides is 1. The first kappa shape index (κ1) is 27.8. The molecule has 0 spiro atoms. The van der Waals surface area contributed by atoms with Gasteiger partial charge in [-0.25, -0.2) is 10.4 Å². The number of aliphatic hydroxyl groups excluding tert-OH is 1. The fraction of sp³-hybridized carbons (Fsp3) is 0.483. The number of nitrogens with one attached hydrogen (secondary N) is 2. The van der Waals surface area contributed by atoms with E-state index in [2.05, 4.69) is 45.3 Å². The number of ether oxygens (including phenoxy) is 2. The van der Waals surface area contributed by atoms with Crippen LogP contribution in [0.25, 0.3) is 11.0 Å². The van der Waals surface area contributed by atoms with Gasteiger partial charge >= 0.3 is 0 Å². The summed E-state index contributed by atoms with van der Waals surface area (Å²) in [5.41, 5.74) is 7.61. The van der Waals surface area contributed by atoms with Crippen LogP contribution < -0.4 is 15.5 Å². The minimum Gasteiger partial charge on any atom is -0.491 e. The number of imidazole rings is 1. The summed E-state index contributed by atoms with van der Waals surface area (Å²) < 4.78 is 13.5. The zero-order chi connectivity index (χ0) is 26.7. The zero-order valence-electron chi connectivity index (χ0n) is 22.4. The van der Waals surface area contributed by atoms with Crippen molar-refractivity contribution in [2.24, 2.45) is 11.0 Å². The molecule has 38 heavy (non-hydrogen) atoms. The molecule has 4 rings (SSSR count). The molecule has 0 radical (unpaired) electrons. The highest BCUT2D eigenvalue weighted by molar-refractivity contribution is 6.05. The summed E-state index contributed by atoms with van der Waals surface area (Å²) >= 11 is 0. The van der Waals surface area contributed by atoms with Gasteiger partial charge in [0.2, 0.25) is 5.91 Å². The molecule has 2 heterocycles. The summed E-state index contributed by atoms with van der Waals surface area (Å²) in [5.74, 6) is 1.26. The van der Waals surface area contributed by atoms with Gasteiger partial charge in [-0.15, -0.1) is 0 Å². The van der Waals surface area contributed by atoms with E-state index in [1.165, 1.54) is 5.56 Å². The van der Waals surface area contributed by atoms with Crippen molar-refractivity contribution >= 4 is 22.7 Å². The number of hydrogen-bond donors (Lipinski definition) is 3. The second kappa shape index (κ2) is 14.0. The molecule has 1 aliphatic heterocycles. The fourth-order valence-corrected chi connectivity index (χ4v) is 4.26. The molecule has 3 aromatic rings. The highest BCUT2D eigenvalue weighted by atomic mass is 16.5. The molecule has 9 heteroatoms. The van der Waals surface area contributed by atoms with E-state index < -0.39 is 6.10 Å². The molecule has 0 saturated carbocycles. The topological polar surface area (TPSA) is 110 Å². The van der Waals surface area contributed by atoms with Crippen molar-refractivity contribution in [3.63, 3.8) is 0 Å². The quantitative estimate of drug-likeness (QED) is 0.265. The summed E-state index contributed by atoms with van der Waals surface area (Å²) in [4.78, 5) is 15.9. The van der Waals surface area contributed by atoms with E-state index in [4.69, 9.17) is 9.47 Å². The lowest BCUT2D eigenvalue weighted by Crippen LogP contribution is -2.32. The van der Waals surface area contributed by atoms with Crippen LogP contribution in [0.3, 0.4) is 0 Å². The molecule has 3 N–H and O–H groups in total. The predicted molar refractivity (Wildman–Crippen MR) is 148 cm³/mol. The number of aliphatic hydroxyl groups is 1. The number of carbonyl (C=O) groups excluding carboxylic acids is 1. The maximum absolute atomic E-state index is 11.3. The van der Waals surface area contributed by atoms with Gasteiger partial charge < -0.3 is 24.5 Å². The number of hydrogen-bond acceptors (Lipinski definition) is 7. The average molecular weight is 522 g/mol. The Hall–Kier alpha value is -3.27. The number of aryl methyl sites for hydroxylation is 1. The van der Waals surface area contributed by atoms with Crippen LogP contribution in [-0.4, -0.2) is 65.3 Å². The Morgan fingerprint density at radius 3 is 2.74 bits per heavy atom. The lowest BCUT2D eigenvalue weighted by molar-refractivity contribution is -0.121. The Morgan fingerprint density at radius 2 is 1.97 bits per heavy atom. The van der Waals surface area contributed by atoms with E-state index in [1.807, 2.05) is 42.7 Å². The van der Waals surface area contributed by atoms with Gasteiger partial charge in [0, 0.05) is 38.1 Å². The highest BCUT2D eigenvalue weighted by Crippen LogP contribution is 2.18. The van der Waals surface area contributed by atoms with Crippen LogP contribution in [0, 0.1) is 5.92 Å². The lowest BCUT2D eigenvalue weighted by Gasteiger charge is -2.14. The van der Waals surface area contributed by atoms with Crippen molar-refractivity contribution in [1.29, 1.82) is 0 Å². The van der Waals surface area contributed by atoms with Crippen LogP contribution >= 0.6 is 0 Å². The second-order valence-corrected chi connectivity index (χ2v) is 10.1. The number of fused-ring (bicyclic) bond motifs is 1. The molecule has 204 valence electrons. The monoisotopic (exact) mass is 521 g/mol. The molecule has 1 atom stereocenters. The molecule has 1 aromatic heterocycles. The largest absolute Gasteiger partial charge is 0.491 e. The first-order valence-corrected chi connectivity index (χ1v) is 13.5. The molecule has 1 aliphatic rings. The average Bonchev–Trinajstić information content (AvgIpc) is 3.33. The van der Waals surface area contributed by atoms with Gasteiger partial charge in [-0.1, -0.05) is 32.0 Å². The molecule has 0 fully saturated rings. The van der Waals surface area contributed by atoms with Crippen molar-refractivity contribution in [1.82, 2.24) is 20.3 Å². The molecule has 2 aromatic carbocycles. The van der Waals surface area contributed by atoms with Gasteiger partial charge in [-0.05, 0) is 55.1 Å². The van der Waals surface area contributed by atoms with Crippen LogP contribution in [0.4, 0.5) is 0 Å². The van der Waals surface area contributed by atoms with Gasteiger partial charge in [0.1, 0.15) is 18.5 Å². The first-order valence-electron chi connectivity index (χ1n) is 13.5. The van der Waals surface area contributed by atoms with Crippen molar-refractivity contribution in [2.75, 3.05) is 32.9 Å². The van der Waals surface area contributed by atoms with E-state index in [0.29, 0.717) is 25.3 Å². The van der Waals surface area contributed by atoms with Crippen molar-refractivity contribution in [2.45, 2.75) is 52.2 Å². The Bertz CT molecular complexity index is 1210. The van der Waals surface area contributed by atoms with Gasteiger partial charge in [0.05, 0.1) is 29.7 Å². The number of carbonyl (C=O) groups is 1. The van der Waals surface area contributed by atoms with Crippen molar-refractivity contribution in [3.05, 3.63) is 59.9 Å². The minimum atomic E-state index is -0.584. The first-order chi connectivity index (χ1) is 18.5. The molecule has 0 aliphatic carbocycles. The van der Waals surface area contributed by atoms with Crippen LogP contribution in [0.1, 0.15) is 44.2 Å². The van der Waals surface area contributed by atoms with E-state index in [0.717, 1.165) is 67.2 Å². The van der Waals surface area contributed by atoms with E-state index in [1.54, 1.807) is 0 Å². The smallest absolute Gasteiger partial charge is 0.240 e. The maximum atomic E-state index is 11.3. The summed E-state index contributed by atoms with van der Waals surface area (Å²) in [7, 11) is 0. The highest BCUT2D eigenvalue weighted by Gasteiger charge is 2.14. The normalized spacial score (nSPS) is 14.5. The third kappa shape index (κ3) is 8.37. The number of hydrazone groups is 1. The van der Waals surface area contributed by atoms with Gasteiger partial charge in [0.25, 0.3) is 0 Å². The molecule has 1 amide bonds. The third-order valence-electron chi connectivity index (χ3n) is 6.34. The Balaban J connectivity index is 1.12. The Kier molecular flexibility index (Phi) is 10.3. The Labute approximate surface area is 224 Å². The van der Waals surface area contributed by atoms with Crippen molar-refractivity contribution < 1.29 is 19.4 Å². The summed E-state index contributed by atoms with van der Waals surface area (Å²) in [6.45, 7) is 8.11. The van der Waals surface area contributed by atoms with Crippen molar-refractivity contribution in [3.8, 4) is 5.75 Å². The van der Waals surface area contributed by atoms with E-state index in [-0.39, 0.29) is 12.5 Å². The van der Waals surface area contributed by atoms with E-state index >= 15 is 0 Å². The molecule has 1 unspecified atom stereocenters. The van der Waals surface area contributed by atoms with Gasteiger partial charge in [0.15, 0.2) is 0 Å². The second-order valence-electron chi connectivity index (χ2n) is 10.1. The van der Waals surface area contributed by atoms with Crippen LogP contribution in [0.2, 0.25) is 0 Å². The Morgan fingerprint density at radius 1 is 1.13 bits per heavy atom. The molecule has 0 saturated heterocycles. The number of aromatic nitrogens is 2. The number of nitrogens with zero attached hydrogens (tertiary/aromatic N) is 3. The standard InChI is InChI=1S/C29H39N5O4/c1-21(2)18-37-15-12-22-4-7-25(8-5-22)38-19-24(35)17-30-13-3-14-34-20-31-27-16-23(6-10-28(27)34)26-9-11-29(36)33-32-26/h4-8,10,16,20-21,24,30,35H,3,9,11-15,17-19H2,1-2H3,(H,33,36). The minimum absolute atomic E-state index is 0.0446.